The highest BCUT2D eigenvalue weighted by Gasteiger charge is 2.12. The molecule has 0 fully saturated rings. The molecule has 0 atom stereocenters. The zero-order valence-electron chi connectivity index (χ0n) is 12.7. The number of hydrogen-bond acceptors (Lipinski definition) is 3. The highest BCUT2D eigenvalue weighted by atomic mass is 32.2. The van der Waals surface area contributed by atoms with E-state index in [1.54, 1.807) is 23.9 Å². The molecular formula is C17H21NO2S2. The van der Waals surface area contributed by atoms with Gasteiger partial charge in [-0.15, -0.1) is 0 Å². The minimum absolute atomic E-state index is 0.331. The zero-order chi connectivity index (χ0) is 15.8. The Morgan fingerprint density at radius 1 is 0.955 bits per heavy atom. The monoisotopic (exact) mass is 335 g/mol. The number of rotatable bonds is 8. The lowest BCUT2D eigenvalue weighted by atomic mass is 10.2. The van der Waals surface area contributed by atoms with Crippen molar-refractivity contribution in [1.82, 2.24) is 4.72 Å². The first-order valence-electron chi connectivity index (χ1n) is 7.32. The van der Waals surface area contributed by atoms with Gasteiger partial charge in [0, 0.05) is 18.1 Å². The van der Waals surface area contributed by atoms with E-state index in [1.807, 2.05) is 37.3 Å². The fourth-order valence-electron chi connectivity index (χ4n) is 2.00. The highest BCUT2D eigenvalue weighted by molar-refractivity contribution is 7.98. The van der Waals surface area contributed by atoms with Gasteiger partial charge in [-0.1, -0.05) is 49.4 Å². The molecule has 0 spiro atoms. The smallest absolute Gasteiger partial charge is 0.210 e. The van der Waals surface area contributed by atoms with Crippen molar-refractivity contribution in [2.45, 2.75) is 24.0 Å². The maximum atomic E-state index is 12.1. The van der Waals surface area contributed by atoms with E-state index < -0.39 is 10.0 Å². The lowest BCUT2D eigenvalue weighted by Crippen LogP contribution is -2.26. The Morgan fingerprint density at radius 2 is 1.64 bits per heavy atom. The molecule has 5 heteroatoms. The van der Waals surface area contributed by atoms with E-state index in [0.29, 0.717) is 11.4 Å². The van der Waals surface area contributed by atoms with Gasteiger partial charge in [0.2, 0.25) is 10.0 Å². The van der Waals surface area contributed by atoms with Crippen LogP contribution in [-0.2, 0) is 22.2 Å². The van der Waals surface area contributed by atoms with Gasteiger partial charge in [-0.2, -0.15) is 11.8 Å². The topological polar surface area (TPSA) is 46.2 Å². The molecule has 0 saturated heterocycles. The standard InChI is InChI=1S/C17H21NO2S2/c1-2-15-8-10-17(11-9-15)22(19,20)18-12-13-21-14-16-6-4-3-5-7-16/h3-11,18H,2,12-14H2,1H3. The molecule has 0 heterocycles. The number of aryl methyl sites for hydroxylation is 1. The molecule has 2 aromatic rings. The van der Waals surface area contributed by atoms with Crippen LogP contribution in [0.4, 0.5) is 0 Å². The Bertz CT molecular complexity index is 668. The lowest BCUT2D eigenvalue weighted by molar-refractivity contribution is 0.584. The summed E-state index contributed by atoms with van der Waals surface area (Å²) >= 11 is 1.72. The summed E-state index contributed by atoms with van der Waals surface area (Å²) in [5.41, 5.74) is 2.39. The van der Waals surface area contributed by atoms with Crippen molar-refractivity contribution in [3.05, 3.63) is 65.7 Å². The van der Waals surface area contributed by atoms with Crippen molar-refractivity contribution in [2.24, 2.45) is 0 Å². The SMILES string of the molecule is CCc1ccc(S(=O)(=O)NCCSCc2ccccc2)cc1. The van der Waals surface area contributed by atoms with Crippen molar-refractivity contribution in [3.63, 3.8) is 0 Å². The van der Waals surface area contributed by atoms with E-state index in [9.17, 15) is 8.42 Å². The quantitative estimate of drug-likeness (QED) is 0.752. The van der Waals surface area contributed by atoms with Crippen LogP contribution in [0.1, 0.15) is 18.1 Å². The van der Waals surface area contributed by atoms with Gasteiger partial charge in [0.15, 0.2) is 0 Å². The number of nitrogens with one attached hydrogen (secondary N) is 1. The van der Waals surface area contributed by atoms with E-state index >= 15 is 0 Å². The van der Waals surface area contributed by atoms with Crippen LogP contribution in [0, 0.1) is 0 Å². The molecule has 1 N–H and O–H groups in total. The second-order valence-electron chi connectivity index (χ2n) is 4.93. The fourth-order valence-corrected chi connectivity index (χ4v) is 3.98. The van der Waals surface area contributed by atoms with Gasteiger partial charge in [0.1, 0.15) is 0 Å². The van der Waals surface area contributed by atoms with Crippen LogP contribution in [0.25, 0.3) is 0 Å². The molecule has 2 aromatic carbocycles. The molecule has 0 saturated carbocycles. The Labute approximate surface area is 137 Å². The minimum Gasteiger partial charge on any atom is -0.210 e. The molecule has 22 heavy (non-hydrogen) atoms. The van der Waals surface area contributed by atoms with Gasteiger partial charge >= 0.3 is 0 Å². The van der Waals surface area contributed by atoms with Crippen molar-refractivity contribution in [3.8, 4) is 0 Å². The van der Waals surface area contributed by atoms with Gasteiger partial charge in [0.05, 0.1) is 4.90 Å². The predicted molar refractivity (Wildman–Crippen MR) is 93.6 cm³/mol. The van der Waals surface area contributed by atoms with Gasteiger partial charge in [-0.25, -0.2) is 13.1 Å². The van der Waals surface area contributed by atoms with Gasteiger partial charge < -0.3 is 0 Å². The summed E-state index contributed by atoms with van der Waals surface area (Å²) in [5.74, 6) is 1.65. The van der Waals surface area contributed by atoms with E-state index in [2.05, 4.69) is 16.9 Å². The average Bonchev–Trinajstić information content (AvgIpc) is 2.55. The van der Waals surface area contributed by atoms with Crippen LogP contribution in [0.3, 0.4) is 0 Å². The summed E-state index contributed by atoms with van der Waals surface area (Å²) in [6.07, 6.45) is 0.907. The number of thioether (sulfide) groups is 1. The molecule has 0 aliphatic rings. The normalized spacial score (nSPS) is 11.5. The third kappa shape index (κ3) is 5.16. The second kappa shape index (κ2) is 8.36. The summed E-state index contributed by atoms with van der Waals surface area (Å²) in [6.45, 7) is 2.49. The lowest BCUT2D eigenvalue weighted by Gasteiger charge is -2.07. The predicted octanol–water partition coefficient (Wildman–Crippen LogP) is 3.46. The zero-order valence-corrected chi connectivity index (χ0v) is 14.3. The molecule has 0 aromatic heterocycles. The fraction of sp³-hybridized carbons (Fsp3) is 0.294. The maximum Gasteiger partial charge on any atom is 0.240 e. The summed E-state index contributed by atoms with van der Waals surface area (Å²) in [6, 6.07) is 17.2. The van der Waals surface area contributed by atoms with Gasteiger partial charge in [-0.3, -0.25) is 0 Å². The Hall–Kier alpha value is -1.30. The Balaban J connectivity index is 1.77. The van der Waals surface area contributed by atoms with Crippen LogP contribution in [-0.4, -0.2) is 20.7 Å². The molecule has 0 aliphatic heterocycles. The van der Waals surface area contributed by atoms with Gasteiger partial charge in [-0.05, 0) is 29.7 Å². The van der Waals surface area contributed by atoms with E-state index in [1.165, 1.54) is 5.56 Å². The van der Waals surface area contributed by atoms with Crippen molar-refractivity contribution in [1.29, 1.82) is 0 Å². The third-order valence-corrected chi connectivity index (χ3v) is 5.80. The molecule has 3 nitrogen and oxygen atoms in total. The summed E-state index contributed by atoms with van der Waals surface area (Å²) < 4.78 is 26.9. The van der Waals surface area contributed by atoms with Crippen LogP contribution < -0.4 is 4.72 Å². The van der Waals surface area contributed by atoms with Crippen molar-refractivity contribution in [2.75, 3.05) is 12.3 Å². The molecule has 2 rings (SSSR count). The molecule has 0 unspecified atom stereocenters. The Kier molecular flexibility index (Phi) is 6.49. The van der Waals surface area contributed by atoms with Crippen molar-refractivity contribution >= 4 is 21.8 Å². The van der Waals surface area contributed by atoms with Crippen molar-refractivity contribution < 1.29 is 8.42 Å². The molecule has 0 bridgehead atoms. The average molecular weight is 335 g/mol. The van der Waals surface area contributed by atoms with Gasteiger partial charge in [0.25, 0.3) is 0 Å². The van der Waals surface area contributed by atoms with Crippen LogP contribution in [0.2, 0.25) is 0 Å². The highest BCUT2D eigenvalue weighted by Crippen LogP contribution is 2.13. The number of sulfonamides is 1. The summed E-state index contributed by atoms with van der Waals surface area (Å²) in [5, 5.41) is 0. The number of hydrogen-bond donors (Lipinski definition) is 1. The van der Waals surface area contributed by atoms with Crippen LogP contribution >= 0.6 is 11.8 Å². The van der Waals surface area contributed by atoms with E-state index in [4.69, 9.17) is 0 Å². The third-order valence-electron chi connectivity index (χ3n) is 3.29. The van der Waals surface area contributed by atoms with Crippen LogP contribution in [0.15, 0.2) is 59.5 Å². The molecule has 0 radical (unpaired) electrons. The maximum absolute atomic E-state index is 12.1. The molecule has 0 amide bonds. The first kappa shape index (κ1) is 17.1. The first-order valence-corrected chi connectivity index (χ1v) is 9.96. The van der Waals surface area contributed by atoms with E-state index in [-0.39, 0.29) is 0 Å². The summed E-state index contributed by atoms with van der Waals surface area (Å²) in [4.78, 5) is 0.331. The molecular weight excluding hydrogens is 314 g/mol. The molecule has 0 aliphatic carbocycles. The molecule has 118 valence electrons. The van der Waals surface area contributed by atoms with Crippen LogP contribution in [0.5, 0.6) is 0 Å². The second-order valence-corrected chi connectivity index (χ2v) is 7.81. The minimum atomic E-state index is -3.39. The van der Waals surface area contributed by atoms with E-state index in [0.717, 1.165) is 23.5 Å². The summed E-state index contributed by atoms with van der Waals surface area (Å²) in [7, 11) is -3.39. The Morgan fingerprint density at radius 3 is 2.27 bits per heavy atom. The largest absolute Gasteiger partial charge is 0.240 e. The first-order chi connectivity index (χ1) is 10.6. The number of benzene rings is 2.